The number of amides is 1. The monoisotopic (exact) mass is 246 g/mol. The van der Waals surface area contributed by atoms with Gasteiger partial charge in [-0.15, -0.1) is 0 Å². The Morgan fingerprint density at radius 1 is 1.47 bits per heavy atom. The van der Waals surface area contributed by atoms with Crippen LogP contribution in [0.1, 0.15) is 6.92 Å². The Bertz CT molecular complexity index is 478. The van der Waals surface area contributed by atoms with Crippen LogP contribution >= 0.6 is 0 Å². The fraction of sp³-hybridized carbons (Fsp3) is 0.222. The molecular weight excluding hydrogens is 238 g/mol. The Balaban J connectivity index is 3.08. The Labute approximate surface area is 94.1 Å². The van der Waals surface area contributed by atoms with Crippen molar-refractivity contribution in [3.63, 3.8) is 0 Å². The molecule has 17 heavy (non-hydrogen) atoms. The maximum atomic E-state index is 13.3. The molecule has 0 fully saturated rings. The van der Waals surface area contributed by atoms with E-state index in [-0.39, 0.29) is 0 Å². The molecule has 0 heterocycles. The van der Waals surface area contributed by atoms with Crippen molar-refractivity contribution in [2.45, 2.75) is 13.0 Å². The molecule has 0 spiro atoms. The molecule has 0 aromatic heterocycles. The smallest absolute Gasteiger partial charge is 0.307 e. The number of benzene rings is 1. The minimum Gasteiger partial charge on any atom is -0.478 e. The molecule has 0 aliphatic carbocycles. The first-order chi connectivity index (χ1) is 7.82. The summed E-state index contributed by atoms with van der Waals surface area (Å²) in [6.07, 6.45) is -1.18. The van der Waals surface area contributed by atoms with E-state index >= 15 is 0 Å². The van der Waals surface area contributed by atoms with Crippen LogP contribution in [0.4, 0.5) is 14.5 Å². The molecule has 1 aromatic rings. The molecule has 92 valence electrons. The average molecular weight is 246 g/mol. The third-order valence-electron chi connectivity index (χ3n) is 1.90. The Morgan fingerprint density at radius 3 is 2.53 bits per heavy atom. The van der Waals surface area contributed by atoms with E-state index < -0.39 is 40.0 Å². The molecular formula is C9H8F2N2O4. The minimum atomic E-state index is -1.26. The molecule has 0 aliphatic heterocycles. The maximum absolute atomic E-state index is 13.3. The normalized spacial score (nSPS) is 11.9. The van der Waals surface area contributed by atoms with Crippen molar-refractivity contribution in [1.82, 2.24) is 0 Å². The van der Waals surface area contributed by atoms with Gasteiger partial charge in [-0.1, -0.05) is 0 Å². The van der Waals surface area contributed by atoms with E-state index in [0.717, 1.165) is 0 Å². The molecule has 1 amide bonds. The summed E-state index contributed by atoms with van der Waals surface area (Å²) in [4.78, 5) is 19.9. The first-order valence-electron chi connectivity index (χ1n) is 4.42. The molecule has 1 rings (SSSR count). The van der Waals surface area contributed by atoms with Crippen LogP contribution in [0.15, 0.2) is 12.1 Å². The first kappa shape index (κ1) is 12.8. The summed E-state index contributed by atoms with van der Waals surface area (Å²) in [6, 6.07) is 0.866. The van der Waals surface area contributed by atoms with Gasteiger partial charge in [0.25, 0.3) is 5.91 Å². The number of rotatable bonds is 4. The second-order valence-electron chi connectivity index (χ2n) is 3.15. The van der Waals surface area contributed by atoms with Gasteiger partial charge in [0.2, 0.25) is 5.82 Å². The van der Waals surface area contributed by atoms with E-state index in [1.54, 1.807) is 0 Å². The van der Waals surface area contributed by atoms with Crippen LogP contribution in [0.2, 0.25) is 0 Å². The highest BCUT2D eigenvalue weighted by atomic mass is 19.1. The van der Waals surface area contributed by atoms with Crippen LogP contribution in [0.5, 0.6) is 5.75 Å². The predicted molar refractivity (Wildman–Crippen MR) is 52.3 cm³/mol. The summed E-state index contributed by atoms with van der Waals surface area (Å²) >= 11 is 0. The van der Waals surface area contributed by atoms with Gasteiger partial charge in [-0.25, -0.2) is 4.39 Å². The molecule has 1 aromatic carbocycles. The lowest BCUT2D eigenvalue weighted by Gasteiger charge is -2.11. The molecule has 0 saturated heterocycles. The van der Waals surface area contributed by atoms with Crippen LogP contribution in [0.3, 0.4) is 0 Å². The van der Waals surface area contributed by atoms with E-state index in [0.29, 0.717) is 12.1 Å². The molecule has 0 aliphatic rings. The Kier molecular flexibility index (Phi) is 3.56. The van der Waals surface area contributed by atoms with Gasteiger partial charge in [-0.05, 0) is 6.92 Å². The number of halogens is 2. The lowest BCUT2D eigenvalue weighted by Crippen LogP contribution is -2.31. The summed E-state index contributed by atoms with van der Waals surface area (Å²) in [5, 5.41) is 10.3. The van der Waals surface area contributed by atoms with Crippen molar-refractivity contribution in [3.05, 3.63) is 33.9 Å². The molecule has 6 nitrogen and oxygen atoms in total. The lowest BCUT2D eigenvalue weighted by molar-refractivity contribution is -0.387. The van der Waals surface area contributed by atoms with Gasteiger partial charge in [0.05, 0.1) is 11.0 Å². The third-order valence-corrected chi connectivity index (χ3v) is 1.90. The van der Waals surface area contributed by atoms with Gasteiger partial charge in [-0.2, -0.15) is 4.39 Å². The first-order valence-corrected chi connectivity index (χ1v) is 4.42. The van der Waals surface area contributed by atoms with Crippen LogP contribution in [-0.2, 0) is 4.79 Å². The number of primary amides is 1. The average Bonchev–Trinajstić information content (AvgIpc) is 2.22. The quantitative estimate of drug-likeness (QED) is 0.636. The molecule has 8 heteroatoms. The van der Waals surface area contributed by atoms with E-state index in [2.05, 4.69) is 0 Å². The Hall–Kier alpha value is -2.25. The number of nitrogens with zero attached hydrogens (tertiary/aromatic N) is 1. The predicted octanol–water partition coefficient (Wildman–Crippen LogP) is 1.13. The zero-order valence-electron chi connectivity index (χ0n) is 8.65. The van der Waals surface area contributed by atoms with Crippen LogP contribution in [0, 0.1) is 21.7 Å². The fourth-order valence-electron chi connectivity index (χ4n) is 0.997. The molecule has 0 bridgehead atoms. The summed E-state index contributed by atoms with van der Waals surface area (Å²) in [7, 11) is 0. The standard InChI is InChI=1S/C9H8F2N2O4/c1-4(9(12)14)17-8-3-5(10)7(13(15)16)2-6(8)11/h2-4H,1H3,(H2,12,14). The van der Waals surface area contributed by atoms with E-state index in [1.165, 1.54) is 6.92 Å². The molecule has 0 saturated carbocycles. The van der Waals surface area contributed by atoms with Gasteiger partial charge in [0.1, 0.15) is 0 Å². The summed E-state index contributed by atoms with van der Waals surface area (Å²) in [6.45, 7) is 1.24. The number of hydrogen-bond donors (Lipinski definition) is 1. The van der Waals surface area contributed by atoms with Crippen molar-refractivity contribution in [3.8, 4) is 5.75 Å². The number of carbonyl (C=O) groups excluding carboxylic acids is 1. The topological polar surface area (TPSA) is 95.5 Å². The van der Waals surface area contributed by atoms with E-state index in [9.17, 15) is 23.7 Å². The zero-order valence-corrected chi connectivity index (χ0v) is 8.65. The van der Waals surface area contributed by atoms with Crippen LogP contribution in [0.25, 0.3) is 0 Å². The summed E-state index contributed by atoms with van der Waals surface area (Å²) < 4.78 is 31.1. The highest BCUT2D eigenvalue weighted by molar-refractivity contribution is 5.78. The van der Waals surface area contributed by atoms with Gasteiger partial charge in [0.15, 0.2) is 17.7 Å². The summed E-state index contributed by atoms with van der Waals surface area (Å²) in [5.41, 5.74) is 3.85. The van der Waals surface area contributed by atoms with Gasteiger partial charge < -0.3 is 10.5 Å². The van der Waals surface area contributed by atoms with E-state index in [1.807, 2.05) is 0 Å². The van der Waals surface area contributed by atoms with Crippen molar-refractivity contribution in [1.29, 1.82) is 0 Å². The highest BCUT2D eigenvalue weighted by Gasteiger charge is 2.21. The highest BCUT2D eigenvalue weighted by Crippen LogP contribution is 2.26. The minimum absolute atomic E-state index is 0.373. The van der Waals surface area contributed by atoms with Crippen molar-refractivity contribution < 1.29 is 23.2 Å². The number of nitro groups is 1. The number of ether oxygens (including phenoxy) is 1. The molecule has 0 radical (unpaired) electrons. The SMILES string of the molecule is CC(Oc1cc(F)c([N+](=O)[O-])cc1F)C(N)=O. The largest absolute Gasteiger partial charge is 0.478 e. The van der Waals surface area contributed by atoms with Crippen molar-refractivity contribution in [2.24, 2.45) is 5.73 Å². The third kappa shape index (κ3) is 2.86. The fourth-order valence-corrected chi connectivity index (χ4v) is 0.997. The molecule has 1 unspecified atom stereocenters. The number of nitro benzene ring substituents is 1. The number of nitrogens with two attached hydrogens (primary N) is 1. The molecule has 2 N–H and O–H groups in total. The number of hydrogen-bond acceptors (Lipinski definition) is 4. The van der Waals surface area contributed by atoms with Gasteiger partial charge in [0, 0.05) is 6.07 Å². The maximum Gasteiger partial charge on any atom is 0.307 e. The lowest BCUT2D eigenvalue weighted by atomic mass is 10.2. The van der Waals surface area contributed by atoms with Crippen LogP contribution < -0.4 is 10.5 Å². The summed E-state index contributed by atoms with van der Waals surface area (Å²) in [5.74, 6) is -3.89. The number of carbonyl (C=O) groups is 1. The van der Waals surface area contributed by atoms with E-state index in [4.69, 9.17) is 10.5 Å². The van der Waals surface area contributed by atoms with Crippen molar-refractivity contribution >= 4 is 11.6 Å². The van der Waals surface area contributed by atoms with Gasteiger partial charge >= 0.3 is 5.69 Å². The molecule has 1 atom stereocenters. The second kappa shape index (κ2) is 4.73. The second-order valence-corrected chi connectivity index (χ2v) is 3.15. The van der Waals surface area contributed by atoms with Crippen molar-refractivity contribution in [2.75, 3.05) is 0 Å². The van der Waals surface area contributed by atoms with Gasteiger partial charge in [-0.3, -0.25) is 14.9 Å². The Morgan fingerprint density at radius 2 is 2.06 bits per heavy atom. The van der Waals surface area contributed by atoms with Crippen LogP contribution in [-0.4, -0.2) is 16.9 Å². The zero-order chi connectivity index (χ0) is 13.2.